The highest BCUT2D eigenvalue weighted by Gasteiger charge is 2.32. The number of aliphatic hydroxyl groups is 1. The van der Waals surface area contributed by atoms with Crippen LogP contribution >= 0.6 is 0 Å². The Balaban J connectivity index is 1.84. The van der Waals surface area contributed by atoms with E-state index >= 15 is 0 Å². The van der Waals surface area contributed by atoms with Crippen molar-refractivity contribution >= 4 is 11.6 Å². The van der Waals surface area contributed by atoms with Crippen LogP contribution in [0.5, 0.6) is 5.75 Å². The SMILES string of the molecule is COc1ccc(NC(=O)c2cc(C3CC3)n(C(C)(C)C)n2)cc1CO. The van der Waals surface area contributed by atoms with Gasteiger partial charge < -0.3 is 15.2 Å². The topological polar surface area (TPSA) is 76.4 Å². The van der Waals surface area contributed by atoms with Gasteiger partial charge in [-0.3, -0.25) is 9.48 Å². The molecule has 1 saturated carbocycles. The predicted molar refractivity (Wildman–Crippen MR) is 96.1 cm³/mol. The molecular weight excluding hydrogens is 318 g/mol. The molecule has 2 aromatic rings. The van der Waals surface area contributed by atoms with Crippen LogP contribution < -0.4 is 10.1 Å². The zero-order valence-corrected chi connectivity index (χ0v) is 15.2. The second kappa shape index (κ2) is 6.52. The van der Waals surface area contributed by atoms with Gasteiger partial charge in [0.25, 0.3) is 5.91 Å². The molecule has 1 aliphatic rings. The minimum absolute atomic E-state index is 0.155. The van der Waals surface area contributed by atoms with Crippen LogP contribution in [0.25, 0.3) is 0 Å². The van der Waals surface area contributed by atoms with Crippen LogP contribution in [0.2, 0.25) is 0 Å². The van der Waals surface area contributed by atoms with Crippen molar-refractivity contribution in [2.75, 3.05) is 12.4 Å². The van der Waals surface area contributed by atoms with E-state index in [2.05, 4.69) is 31.2 Å². The Morgan fingerprint density at radius 3 is 2.64 bits per heavy atom. The van der Waals surface area contributed by atoms with E-state index in [1.165, 1.54) is 0 Å². The van der Waals surface area contributed by atoms with Gasteiger partial charge in [-0.1, -0.05) is 0 Å². The maximum Gasteiger partial charge on any atom is 0.276 e. The van der Waals surface area contributed by atoms with E-state index in [-0.39, 0.29) is 18.1 Å². The summed E-state index contributed by atoms with van der Waals surface area (Å²) >= 11 is 0. The number of hydrogen-bond acceptors (Lipinski definition) is 4. The van der Waals surface area contributed by atoms with Gasteiger partial charge >= 0.3 is 0 Å². The van der Waals surface area contributed by atoms with Gasteiger partial charge in [0, 0.05) is 22.9 Å². The molecule has 0 unspecified atom stereocenters. The van der Waals surface area contributed by atoms with Crippen LogP contribution in [0, 0.1) is 0 Å². The molecule has 1 fully saturated rings. The van der Waals surface area contributed by atoms with E-state index in [9.17, 15) is 9.90 Å². The third kappa shape index (κ3) is 3.69. The summed E-state index contributed by atoms with van der Waals surface area (Å²) in [4.78, 5) is 12.6. The molecule has 1 heterocycles. The Morgan fingerprint density at radius 1 is 1.36 bits per heavy atom. The van der Waals surface area contributed by atoms with Crippen molar-refractivity contribution < 1.29 is 14.6 Å². The van der Waals surface area contributed by atoms with E-state index in [1.807, 2.05) is 10.7 Å². The fraction of sp³-hybridized carbons (Fsp3) is 0.474. The molecule has 0 atom stereocenters. The quantitative estimate of drug-likeness (QED) is 0.873. The van der Waals surface area contributed by atoms with Crippen LogP contribution in [0.4, 0.5) is 5.69 Å². The molecule has 1 amide bonds. The van der Waals surface area contributed by atoms with Crippen molar-refractivity contribution in [2.45, 2.75) is 51.7 Å². The number of anilines is 1. The van der Waals surface area contributed by atoms with Gasteiger partial charge in [-0.15, -0.1) is 0 Å². The van der Waals surface area contributed by atoms with Crippen LogP contribution in [0.1, 0.15) is 61.3 Å². The molecule has 3 rings (SSSR count). The van der Waals surface area contributed by atoms with E-state index < -0.39 is 0 Å². The van der Waals surface area contributed by atoms with Crippen LogP contribution in [-0.2, 0) is 12.1 Å². The molecule has 1 aromatic heterocycles. The standard InChI is InChI=1S/C19H25N3O3/c1-19(2,3)22-16(12-5-6-12)10-15(21-22)18(24)20-14-7-8-17(25-4)13(9-14)11-23/h7-10,12,23H,5-6,11H2,1-4H3,(H,20,24). The maximum atomic E-state index is 12.6. The van der Waals surface area contributed by atoms with Gasteiger partial charge in [-0.25, -0.2) is 0 Å². The fourth-order valence-corrected chi connectivity index (χ4v) is 2.89. The molecule has 0 saturated heterocycles. The predicted octanol–water partition coefficient (Wildman–Crippen LogP) is 3.27. The Bertz CT molecular complexity index is 786. The average molecular weight is 343 g/mol. The van der Waals surface area contributed by atoms with Gasteiger partial charge in [-0.05, 0) is 57.9 Å². The third-order valence-corrected chi connectivity index (χ3v) is 4.31. The largest absolute Gasteiger partial charge is 0.496 e. The molecule has 0 bridgehead atoms. The number of methoxy groups -OCH3 is 1. The highest BCUT2D eigenvalue weighted by Crippen LogP contribution is 2.41. The molecule has 1 aliphatic carbocycles. The van der Waals surface area contributed by atoms with Crippen molar-refractivity contribution in [1.29, 1.82) is 0 Å². The number of nitrogens with one attached hydrogen (secondary N) is 1. The van der Waals surface area contributed by atoms with Crippen LogP contribution in [-0.4, -0.2) is 27.9 Å². The summed E-state index contributed by atoms with van der Waals surface area (Å²) in [6.07, 6.45) is 2.31. The van der Waals surface area contributed by atoms with Gasteiger partial charge in [0.2, 0.25) is 0 Å². The van der Waals surface area contributed by atoms with Crippen LogP contribution in [0.15, 0.2) is 24.3 Å². The van der Waals surface area contributed by atoms with Crippen molar-refractivity contribution in [3.8, 4) is 5.75 Å². The second-order valence-corrected chi connectivity index (χ2v) is 7.45. The summed E-state index contributed by atoms with van der Waals surface area (Å²) in [6.45, 7) is 6.11. The van der Waals surface area contributed by atoms with Gasteiger partial charge in [0.1, 0.15) is 5.75 Å². The number of carbonyl (C=O) groups excluding carboxylic acids is 1. The Labute approximate surface area is 147 Å². The highest BCUT2D eigenvalue weighted by molar-refractivity contribution is 6.03. The van der Waals surface area contributed by atoms with Gasteiger partial charge in [-0.2, -0.15) is 5.10 Å². The normalized spacial score (nSPS) is 14.4. The summed E-state index contributed by atoms with van der Waals surface area (Å²) in [5.41, 5.74) is 2.61. The molecule has 2 N–H and O–H groups in total. The minimum atomic E-state index is -0.251. The Kier molecular flexibility index (Phi) is 4.56. The summed E-state index contributed by atoms with van der Waals surface area (Å²) in [5, 5.41) is 16.8. The summed E-state index contributed by atoms with van der Waals surface area (Å²) in [5.74, 6) is 0.850. The molecule has 6 nitrogen and oxygen atoms in total. The van der Waals surface area contributed by atoms with E-state index in [0.717, 1.165) is 18.5 Å². The lowest BCUT2D eigenvalue weighted by atomic mass is 10.1. The molecule has 1 aromatic carbocycles. The molecule has 0 radical (unpaired) electrons. The molecule has 0 aliphatic heterocycles. The van der Waals surface area contributed by atoms with Crippen molar-refractivity contribution in [3.05, 3.63) is 41.2 Å². The monoisotopic (exact) mass is 343 g/mol. The number of amides is 1. The number of carbonyl (C=O) groups is 1. The number of rotatable bonds is 5. The van der Waals surface area contributed by atoms with E-state index in [0.29, 0.717) is 28.6 Å². The highest BCUT2D eigenvalue weighted by atomic mass is 16.5. The first-order chi connectivity index (χ1) is 11.8. The number of aromatic nitrogens is 2. The smallest absolute Gasteiger partial charge is 0.276 e. The summed E-state index contributed by atoms with van der Waals surface area (Å²) < 4.78 is 7.15. The molecular formula is C19H25N3O3. The minimum Gasteiger partial charge on any atom is -0.496 e. The first-order valence-corrected chi connectivity index (χ1v) is 8.53. The summed E-state index contributed by atoms with van der Waals surface area (Å²) in [6, 6.07) is 7.08. The first kappa shape index (κ1) is 17.5. The van der Waals surface area contributed by atoms with Crippen molar-refractivity contribution in [2.24, 2.45) is 0 Å². The maximum absolute atomic E-state index is 12.6. The fourth-order valence-electron chi connectivity index (χ4n) is 2.89. The Morgan fingerprint density at radius 2 is 2.08 bits per heavy atom. The first-order valence-electron chi connectivity index (χ1n) is 8.53. The van der Waals surface area contributed by atoms with Crippen LogP contribution in [0.3, 0.4) is 0 Å². The number of ether oxygens (including phenoxy) is 1. The average Bonchev–Trinajstić information content (AvgIpc) is 3.31. The van der Waals surface area contributed by atoms with E-state index in [4.69, 9.17) is 4.74 Å². The Hall–Kier alpha value is -2.34. The zero-order valence-electron chi connectivity index (χ0n) is 15.2. The number of benzene rings is 1. The van der Waals surface area contributed by atoms with Gasteiger partial charge in [0.05, 0.1) is 19.3 Å². The lowest BCUT2D eigenvalue weighted by Crippen LogP contribution is -2.25. The number of nitrogens with zero attached hydrogens (tertiary/aromatic N) is 2. The number of hydrogen-bond donors (Lipinski definition) is 2. The zero-order chi connectivity index (χ0) is 18.2. The molecule has 25 heavy (non-hydrogen) atoms. The van der Waals surface area contributed by atoms with Crippen molar-refractivity contribution in [3.63, 3.8) is 0 Å². The second-order valence-electron chi connectivity index (χ2n) is 7.45. The summed E-state index contributed by atoms with van der Waals surface area (Å²) in [7, 11) is 1.55. The molecule has 0 spiro atoms. The van der Waals surface area contributed by atoms with Crippen molar-refractivity contribution in [1.82, 2.24) is 9.78 Å². The molecule has 6 heteroatoms. The lowest BCUT2D eigenvalue weighted by molar-refractivity contribution is 0.102. The van der Waals surface area contributed by atoms with E-state index in [1.54, 1.807) is 25.3 Å². The van der Waals surface area contributed by atoms with Gasteiger partial charge in [0.15, 0.2) is 5.69 Å². The lowest BCUT2D eigenvalue weighted by Gasteiger charge is -2.22. The third-order valence-electron chi connectivity index (χ3n) is 4.31. The number of aliphatic hydroxyl groups excluding tert-OH is 1. The molecule has 134 valence electrons.